The number of hydrogen-bond acceptors (Lipinski definition) is 3. The SMILES string of the molecule is O=C(O)CCCC=CC1C=C(NS(=O)(=O)CCc2ccc(C(F)(F)F)cc2)CCC1. The zero-order valence-electron chi connectivity index (χ0n) is 16.5. The third kappa shape index (κ3) is 8.61. The summed E-state index contributed by atoms with van der Waals surface area (Å²) in [6.07, 6.45) is 5.14. The van der Waals surface area contributed by atoms with E-state index in [0.29, 0.717) is 30.5 Å². The molecule has 5 nitrogen and oxygen atoms in total. The van der Waals surface area contributed by atoms with Crippen molar-refractivity contribution in [1.29, 1.82) is 0 Å². The number of nitrogens with one attached hydrogen (secondary N) is 1. The van der Waals surface area contributed by atoms with Gasteiger partial charge in [0.2, 0.25) is 10.0 Å². The van der Waals surface area contributed by atoms with E-state index in [0.717, 1.165) is 25.0 Å². The van der Waals surface area contributed by atoms with E-state index in [9.17, 15) is 26.4 Å². The van der Waals surface area contributed by atoms with Crippen LogP contribution in [0.5, 0.6) is 0 Å². The van der Waals surface area contributed by atoms with Crippen molar-refractivity contribution in [2.45, 2.75) is 51.1 Å². The predicted octanol–water partition coefficient (Wildman–Crippen LogP) is 4.66. The maximum atomic E-state index is 12.6. The summed E-state index contributed by atoms with van der Waals surface area (Å²) in [6, 6.07) is 4.49. The van der Waals surface area contributed by atoms with Crippen LogP contribution in [0.2, 0.25) is 0 Å². The maximum Gasteiger partial charge on any atom is 0.416 e. The number of aliphatic carboxylic acids is 1. The molecule has 0 radical (unpaired) electrons. The fraction of sp³-hybridized carbons (Fsp3) is 0.476. The number of halogens is 3. The zero-order valence-corrected chi connectivity index (χ0v) is 17.3. The average molecular weight is 446 g/mol. The van der Waals surface area contributed by atoms with Crippen LogP contribution in [0.25, 0.3) is 0 Å². The van der Waals surface area contributed by atoms with Gasteiger partial charge in [0.15, 0.2) is 0 Å². The van der Waals surface area contributed by atoms with E-state index in [1.54, 1.807) is 0 Å². The van der Waals surface area contributed by atoms with Crippen LogP contribution < -0.4 is 4.72 Å². The summed E-state index contributed by atoms with van der Waals surface area (Å²) in [4.78, 5) is 10.5. The molecular weight excluding hydrogens is 419 g/mol. The third-order valence-electron chi connectivity index (χ3n) is 4.77. The van der Waals surface area contributed by atoms with Gasteiger partial charge in [-0.15, -0.1) is 0 Å². The van der Waals surface area contributed by atoms with Gasteiger partial charge in [-0.05, 0) is 62.1 Å². The van der Waals surface area contributed by atoms with Gasteiger partial charge in [-0.25, -0.2) is 8.42 Å². The Morgan fingerprint density at radius 3 is 2.57 bits per heavy atom. The lowest BCUT2D eigenvalue weighted by Gasteiger charge is -2.20. The lowest BCUT2D eigenvalue weighted by molar-refractivity contribution is -0.138. The zero-order chi connectivity index (χ0) is 22.2. The number of carbonyl (C=O) groups is 1. The van der Waals surface area contributed by atoms with Gasteiger partial charge in [0.25, 0.3) is 0 Å². The van der Waals surface area contributed by atoms with Gasteiger partial charge in [-0.2, -0.15) is 13.2 Å². The first-order valence-corrected chi connectivity index (χ1v) is 11.5. The summed E-state index contributed by atoms with van der Waals surface area (Å²) in [5.41, 5.74) is 0.378. The first-order valence-electron chi connectivity index (χ1n) is 9.81. The van der Waals surface area contributed by atoms with Gasteiger partial charge in [-0.1, -0.05) is 30.4 Å². The fourth-order valence-electron chi connectivity index (χ4n) is 3.20. The van der Waals surface area contributed by atoms with Crippen molar-refractivity contribution in [2.75, 3.05) is 5.75 Å². The topological polar surface area (TPSA) is 83.5 Å². The number of benzene rings is 1. The fourth-order valence-corrected chi connectivity index (χ4v) is 4.37. The second-order valence-electron chi connectivity index (χ2n) is 7.33. The summed E-state index contributed by atoms with van der Waals surface area (Å²) >= 11 is 0. The van der Waals surface area contributed by atoms with Crippen molar-refractivity contribution in [3.8, 4) is 0 Å². The molecule has 0 bridgehead atoms. The molecule has 1 aromatic rings. The molecule has 1 aromatic carbocycles. The van der Waals surface area contributed by atoms with Crippen LogP contribution >= 0.6 is 0 Å². The second-order valence-corrected chi connectivity index (χ2v) is 9.17. The molecule has 2 N–H and O–H groups in total. The van der Waals surface area contributed by atoms with Crippen molar-refractivity contribution < 1.29 is 31.5 Å². The van der Waals surface area contributed by atoms with Crippen LogP contribution in [0.15, 0.2) is 48.2 Å². The molecule has 0 aliphatic heterocycles. The number of rotatable bonds is 10. The minimum absolute atomic E-state index is 0.0937. The Morgan fingerprint density at radius 2 is 1.93 bits per heavy atom. The van der Waals surface area contributed by atoms with Crippen molar-refractivity contribution in [3.63, 3.8) is 0 Å². The molecule has 0 aromatic heterocycles. The highest BCUT2D eigenvalue weighted by molar-refractivity contribution is 7.89. The first kappa shape index (κ1) is 24.0. The van der Waals surface area contributed by atoms with E-state index in [4.69, 9.17) is 5.11 Å². The molecule has 0 amide bonds. The molecule has 0 saturated heterocycles. The molecule has 1 atom stereocenters. The van der Waals surface area contributed by atoms with Gasteiger partial charge < -0.3 is 5.11 Å². The lowest BCUT2D eigenvalue weighted by Crippen LogP contribution is -2.28. The van der Waals surface area contributed by atoms with Gasteiger partial charge >= 0.3 is 12.1 Å². The van der Waals surface area contributed by atoms with Gasteiger partial charge in [0.1, 0.15) is 0 Å². The summed E-state index contributed by atoms with van der Waals surface area (Å²) in [6.45, 7) is 0. The number of unbranched alkanes of at least 4 members (excludes halogenated alkanes) is 1. The number of alkyl halides is 3. The molecule has 9 heteroatoms. The van der Waals surface area contributed by atoms with Gasteiger partial charge in [0.05, 0.1) is 11.3 Å². The summed E-state index contributed by atoms with van der Waals surface area (Å²) in [5, 5.41) is 8.62. The number of aryl methyl sites for hydroxylation is 1. The Bertz CT molecular complexity index is 875. The largest absolute Gasteiger partial charge is 0.481 e. The molecule has 1 aliphatic carbocycles. The van der Waals surface area contributed by atoms with E-state index < -0.39 is 27.7 Å². The van der Waals surface area contributed by atoms with Crippen LogP contribution in [0.4, 0.5) is 13.2 Å². The standard InChI is InChI=1S/C21H26F3NO4S/c22-21(23,24)18-11-9-16(10-12-18)13-14-30(28,29)25-19-7-4-6-17(15-19)5-2-1-3-8-20(26)27/h2,5,9-12,15,17,25H,1,3-4,6-8,13-14H2,(H,26,27). The van der Waals surface area contributed by atoms with Gasteiger partial charge in [0, 0.05) is 12.1 Å². The number of sulfonamides is 1. The highest BCUT2D eigenvalue weighted by Gasteiger charge is 2.30. The molecule has 0 heterocycles. The monoisotopic (exact) mass is 445 g/mol. The molecule has 166 valence electrons. The molecule has 0 fully saturated rings. The van der Waals surface area contributed by atoms with E-state index in [-0.39, 0.29) is 24.5 Å². The third-order valence-corrected chi connectivity index (χ3v) is 6.09. The van der Waals surface area contributed by atoms with Crippen molar-refractivity contribution >= 4 is 16.0 Å². The molecule has 2 rings (SSSR count). The molecule has 30 heavy (non-hydrogen) atoms. The molecular formula is C21H26F3NO4S. The summed E-state index contributed by atoms with van der Waals surface area (Å²) < 4.78 is 65.1. The Kier molecular flexibility index (Phi) is 8.52. The molecule has 0 saturated carbocycles. The quantitative estimate of drug-likeness (QED) is 0.405. The Balaban J connectivity index is 1.86. The normalized spacial score (nSPS) is 17.7. The molecule has 1 aliphatic rings. The maximum absolute atomic E-state index is 12.6. The number of carboxylic acid groups (broad SMARTS) is 1. The van der Waals surface area contributed by atoms with Crippen LogP contribution in [0, 0.1) is 5.92 Å². The van der Waals surface area contributed by atoms with Crippen LogP contribution in [0.3, 0.4) is 0 Å². The summed E-state index contributed by atoms with van der Waals surface area (Å²) in [7, 11) is -3.61. The van der Waals surface area contributed by atoms with E-state index in [2.05, 4.69) is 4.72 Å². The Hall–Kier alpha value is -2.29. The van der Waals surface area contributed by atoms with E-state index in [1.165, 1.54) is 12.1 Å². The summed E-state index contributed by atoms with van der Waals surface area (Å²) in [5.74, 6) is -0.948. The van der Waals surface area contributed by atoms with Gasteiger partial charge in [-0.3, -0.25) is 9.52 Å². The molecule has 0 spiro atoms. The minimum Gasteiger partial charge on any atom is -0.481 e. The number of hydrogen-bond donors (Lipinski definition) is 2. The van der Waals surface area contributed by atoms with E-state index in [1.807, 2.05) is 18.2 Å². The molecule has 1 unspecified atom stereocenters. The average Bonchev–Trinajstić information content (AvgIpc) is 2.65. The van der Waals surface area contributed by atoms with E-state index >= 15 is 0 Å². The Labute approximate surface area is 174 Å². The number of carboxylic acids is 1. The van der Waals surface area contributed by atoms with Crippen molar-refractivity contribution in [1.82, 2.24) is 4.72 Å². The highest BCUT2D eigenvalue weighted by Crippen LogP contribution is 2.29. The van der Waals surface area contributed by atoms with Crippen molar-refractivity contribution in [2.24, 2.45) is 5.92 Å². The van der Waals surface area contributed by atoms with Crippen LogP contribution in [-0.2, 0) is 27.4 Å². The Morgan fingerprint density at radius 1 is 1.23 bits per heavy atom. The second kappa shape index (κ2) is 10.7. The highest BCUT2D eigenvalue weighted by atomic mass is 32.2. The van der Waals surface area contributed by atoms with Crippen LogP contribution in [-0.4, -0.2) is 25.2 Å². The minimum atomic E-state index is -4.42. The van der Waals surface area contributed by atoms with Crippen LogP contribution in [0.1, 0.15) is 49.7 Å². The predicted molar refractivity (Wildman–Crippen MR) is 108 cm³/mol. The first-order chi connectivity index (χ1) is 14.0. The smallest absolute Gasteiger partial charge is 0.416 e. The lowest BCUT2D eigenvalue weighted by atomic mass is 9.93. The number of allylic oxidation sites excluding steroid dienone is 4. The van der Waals surface area contributed by atoms with Crippen molar-refractivity contribution in [3.05, 3.63) is 59.3 Å².